The van der Waals surface area contributed by atoms with Crippen molar-refractivity contribution in [2.24, 2.45) is 23.7 Å². The van der Waals surface area contributed by atoms with Crippen LogP contribution in [0.1, 0.15) is 46.5 Å². The van der Waals surface area contributed by atoms with Crippen LogP contribution in [0, 0.1) is 23.7 Å². The van der Waals surface area contributed by atoms with Crippen LogP contribution >= 0.6 is 0 Å². The molecule has 5 heteroatoms. The van der Waals surface area contributed by atoms with E-state index < -0.39 is 11.7 Å². The van der Waals surface area contributed by atoms with E-state index in [0.717, 1.165) is 12.8 Å². The highest BCUT2D eigenvalue weighted by Gasteiger charge is 2.54. The second kappa shape index (κ2) is 5.84. The fourth-order valence-electron chi connectivity index (χ4n) is 4.08. The van der Waals surface area contributed by atoms with Gasteiger partial charge in [-0.3, -0.25) is 4.79 Å². The van der Waals surface area contributed by atoms with E-state index >= 15 is 0 Å². The molecule has 3 fully saturated rings. The highest BCUT2D eigenvalue weighted by molar-refractivity contribution is 5.77. The van der Waals surface area contributed by atoms with Crippen LogP contribution in [0.15, 0.2) is 11.6 Å². The number of carbonyl (C=O) groups excluding carboxylic acids is 2. The molecule has 0 aromatic rings. The van der Waals surface area contributed by atoms with Crippen LogP contribution in [-0.4, -0.2) is 30.8 Å². The van der Waals surface area contributed by atoms with Crippen LogP contribution in [0.3, 0.4) is 0 Å². The van der Waals surface area contributed by atoms with Crippen molar-refractivity contribution in [3.8, 4) is 0 Å². The van der Waals surface area contributed by atoms with Crippen molar-refractivity contribution in [3.05, 3.63) is 11.6 Å². The first-order valence-corrected chi connectivity index (χ1v) is 8.56. The predicted octanol–water partition coefficient (Wildman–Crippen LogP) is 3.05. The summed E-state index contributed by atoms with van der Waals surface area (Å²) in [5, 5.41) is 2.95. The number of allylic oxidation sites excluding steroid dienone is 1. The summed E-state index contributed by atoms with van der Waals surface area (Å²) in [7, 11) is 1.42. The number of alkyl carbamates (subject to hydrolysis) is 1. The van der Waals surface area contributed by atoms with Crippen LogP contribution in [0.4, 0.5) is 4.79 Å². The summed E-state index contributed by atoms with van der Waals surface area (Å²) in [6.07, 6.45) is 6.39. The number of esters is 1. The fourth-order valence-corrected chi connectivity index (χ4v) is 4.08. The molecule has 0 aromatic carbocycles. The number of rotatable bonds is 3. The minimum atomic E-state index is -0.546. The van der Waals surface area contributed by atoms with Crippen molar-refractivity contribution >= 4 is 12.1 Å². The Bertz CT molecular complexity index is 530. The van der Waals surface area contributed by atoms with E-state index in [2.05, 4.69) is 11.4 Å². The van der Waals surface area contributed by atoms with Gasteiger partial charge in [-0.05, 0) is 58.3 Å². The number of carbonyl (C=O) groups is 2. The van der Waals surface area contributed by atoms with Crippen LogP contribution in [0.25, 0.3) is 0 Å². The van der Waals surface area contributed by atoms with Crippen molar-refractivity contribution in [2.45, 2.75) is 58.1 Å². The molecule has 0 unspecified atom stereocenters. The number of amides is 1. The Balaban J connectivity index is 1.75. The second-order valence-corrected chi connectivity index (χ2v) is 8.11. The quantitative estimate of drug-likeness (QED) is 0.641. The summed E-state index contributed by atoms with van der Waals surface area (Å²) in [5.74, 6) is 0.760. The third-order valence-corrected chi connectivity index (χ3v) is 5.09. The standard InChI is InChI=1S/C18H27NO4/c1-18(2,3)23-17(21)19-15-13-9-12(14(15)16(20)22-4)8-11(13)7-10-5-6-10/h7,10,12-15H,5-6,8-9H2,1-4H3,(H,19,21)/t12-,13-,14+,15-/m1/s1. The summed E-state index contributed by atoms with van der Waals surface area (Å²) < 4.78 is 10.4. The van der Waals surface area contributed by atoms with E-state index in [-0.39, 0.29) is 29.8 Å². The molecule has 1 N–H and O–H groups in total. The van der Waals surface area contributed by atoms with Gasteiger partial charge in [-0.2, -0.15) is 0 Å². The number of hydrogen-bond donors (Lipinski definition) is 1. The van der Waals surface area contributed by atoms with E-state index in [1.165, 1.54) is 25.5 Å². The van der Waals surface area contributed by atoms with E-state index in [1.807, 2.05) is 20.8 Å². The van der Waals surface area contributed by atoms with Crippen molar-refractivity contribution in [3.63, 3.8) is 0 Å². The van der Waals surface area contributed by atoms with Crippen LogP contribution < -0.4 is 5.32 Å². The van der Waals surface area contributed by atoms with Crippen molar-refractivity contribution in [1.82, 2.24) is 5.32 Å². The third-order valence-electron chi connectivity index (χ3n) is 5.09. The van der Waals surface area contributed by atoms with Gasteiger partial charge in [0.2, 0.25) is 0 Å². The SMILES string of the molecule is COC(=O)[C@H]1[C@@H]2CC(=CC3CC3)[C@@H](C2)[C@H]1NC(=O)OC(C)(C)C. The Morgan fingerprint density at radius 3 is 2.52 bits per heavy atom. The lowest BCUT2D eigenvalue weighted by atomic mass is 9.81. The van der Waals surface area contributed by atoms with Crippen molar-refractivity contribution in [1.29, 1.82) is 0 Å². The van der Waals surface area contributed by atoms with E-state index in [0.29, 0.717) is 5.92 Å². The zero-order valence-corrected chi connectivity index (χ0v) is 14.4. The lowest BCUT2D eigenvalue weighted by Crippen LogP contribution is -2.49. The van der Waals surface area contributed by atoms with E-state index in [4.69, 9.17) is 9.47 Å². The molecule has 3 aliphatic rings. The molecule has 0 aliphatic heterocycles. The average molecular weight is 321 g/mol. The summed E-state index contributed by atoms with van der Waals surface area (Å²) in [6.45, 7) is 5.51. The molecule has 2 bridgehead atoms. The zero-order chi connectivity index (χ0) is 16.8. The normalized spacial score (nSPS) is 34.5. The summed E-state index contributed by atoms with van der Waals surface area (Å²) >= 11 is 0. The highest BCUT2D eigenvalue weighted by Crippen LogP contribution is 2.53. The molecule has 3 aliphatic carbocycles. The molecule has 3 rings (SSSR count). The number of nitrogens with one attached hydrogen (secondary N) is 1. The molecule has 0 radical (unpaired) electrons. The Hall–Kier alpha value is -1.52. The van der Waals surface area contributed by atoms with Gasteiger partial charge in [0.15, 0.2) is 0 Å². The van der Waals surface area contributed by atoms with E-state index in [9.17, 15) is 9.59 Å². The first kappa shape index (κ1) is 16.3. The maximum atomic E-state index is 12.2. The lowest BCUT2D eigenvalue weighted by Gasteiger charge is -2.32. The number of fused-ring (bicyclic) bond motifs is 2. The Kier molecular flexibility index (Phi) is 4.15. The summed E-state index contributed by atoms with van der Waals surface area (Å²) in [5.41, 5.74) is 0.869. The fraction of sp³-hybridized carbons (Fsp3) is 0.778. The van der Waals surface area contributed by atoms with Gasteiger partial charge in [-0.1, -0.05) is 11.6 Å². The summed E-state index contributed by atoms with van der Waals surface area (Å²) in [4.78, 5) is 24.4. The van der Waals surface area contributed by atoms with Gasteiger partial charge in [0.05, 0.1) is 19.1 Å². The number of methoxy groups -OCH3 is 1. The molecule has 5 nitrogen and oxygen atoms in total. The van der Waals surface area contributed by atoms with Gasteiger partial charge in [0, 0.05) is 5.92 Å². The zero-order valence-electron chi connectivity index (χ0n) is 14.4. The maximum absolute atomic E-state index is 12.2. The minimum Gasteiger partial charge on any atom is -0.469 e. The van der Waals surface area contributed by atoms with E-state index in [1.54, 1.807) is 0 Å². The molecule has 128 valence electrons. The minimum absolute atomic E-state index is 0.207. The lowest BCUT2D eigenvalue weighted by molar-refractivity contribution is -0.147. The van der Waals surface area contributed by atoms with Crippen LogP contribution in [0.5, 0.6) is 0 Å². The molecule has 4 atom stereocenters. The van der Waals surface area contributed by atoms with Crippen LogP contribution in [-0.2, 0) is 14.3 Å². The monoisotopic (exact) mass is 321 g/mol. The van der Waals surface area contributed by atoms with Crippen molar-refractivity contribution in [2.75, 3.05) is 7.11 Å². The van der Waals surface area contributed by atoms with Crippen LogP contribution in [0.2, 0.25) is 0 Å². The molecule has 1 amide bonds. The topological polar surface area (TPSA) is 64.6 Å². The van der Waals surface area contributed by atoms with Gasteiger partial charge in [-0.25, -0.2) is 4.79 Å². The Morgan fingerprint density at radius 1 is 1.26 bits per heavy atom. The molecule has 0 saturated heterocycles. The smallest absolute Gasteiger partial charge is 0.407 e. The van der Waals surface area contributed by atoms with Gasteiger partial charge >= 0.3 is 12.1 Å². The second-order valence-electron chi connectivity index (χ2n) is 8.11. The Morgan fingerprint density at radius 2 is 1.96 bits per heavy atom. The Labute approximate surface area is 137 Å². The first-order chi connectivity index (χ1) is 10.8. The maximum Gasteiger partial charge on any atom is 0.407 e. The van der Waals surface area contributed by atoms with Gasteiger partial charge in [0.1, 0.15) is 5.60 Å². The molecule has 0 heterocycles. The first-order valence-electron chi connectivity index (χ1n) is 8.56. The third kappa shape index (κ3) is 3.54. The number of ether oxygens (including phenoxy) is 2. The van der Waals surface area contributed by atoms with Gasteiger partial charge in [0.25, 0.3) is 0 Å². The predicted molar refractivity (Wildman–Crippen MR) is 85.7 cm³/mol. The average Bonchev–Trinajstić information content (AvgIpc) is 3.05. The largest absolute Gasteiger partial charge is 0.469 e. The molecule has 23 heavy (non-hydrogen) atoms. The number of hydrogen-bond acceptors (Lipinski definition) is 4. The van der Waals surface area contributed by atoms with Gasteiger partial charge in [-0.15, -0.1) is 0 Å². The molecule has 0 aromatic heterocycles. The highest BCUT2D eigenvalue weighted by atomic mass is 16.6. The summed E-state index contributed by atoms with van der Waals surface area (Å²) in [6, 6.07) is -0.207. The van der Waals surface area contributed by atoms with Gasteiger partial charge < -0.3 is 14.8 Å². The molecule has 3 saturated carbocycles. The molecular weight excluding hydrogens is 294 g/mol. The van der Waals surface area contributed by atoms with Crippen molar-refractivity contribution < 1.29 is 19.1 Å². The molecular formula is C18H27NO4. The molecule has 0 spiro atoms.